The maximum absolute atomic E-state index is 5.83. The average Bonchev–Trinajstić information content (AvgIpc) is 2.23. The molecule has 0 bridgehead atoms. The molecule has 2 nitrogen and oxygen atoms in total. The van der Waals surface area contributed by atoms with E-state index in [2.05, 4.69) is 23.2 Å². The highest BCUT2D eigenvalue weighted by molar-refractivity contribution is 6.30. The molecule has 0 amide bonds. The van der Waals surface area contributed by atoms with Crippen LogP contribution in [0, 0.1) is 13.8 Å². The lowest BCUT2D eigenvalue weighted by molar-refractivity contribution is 1.02. The number of rotatable bonds is 1. The molecule has 1 aromatic carbocycles. The predicted octanol–water partition coefficient (Wildman–Crippen LogP) is 3.41. The Balaban J connectivity index is 2.55. The van der Waals surface area contributed by atoms with E-state index in [0.29, 0.717) is 5.15 Å². The Kier molecular flexibility index (Phi) is 2.69. The number of aromatic nitrogens is 2. The van der Waals surface area contributed by atoms with Gasteiger partial charge in [0.1, 0.15) is 0 Å². The third-order valence-electron chi connectivity index (χ3n) is 2.35. The molecule has 0 unspecified atom stereocenters. The van der Waals surface area contributed by atoms with Crippen LogP contribution in [0.2, 0.25) is 5.15 Å². The molecule has 0 fully saturated rings. The lowest BCUT2D eigenvalue weighted by atomic mass is 10.1. The molecule has 0 radical (unpaired) electrons. The first-order valence-corrected chi connectivity index (χ1v) is 5.12. The molecular formula is C12H11ClN2. The smallest absolute Gasteiger partial charge is 0.149 e. The molecule has 0 aliphatic rings. The summed E-state index contributed by atoms with van der Waals surface area (Å²) in [6.07, 6.45) is 0. The molecule has 1 heterocycles. The second-order valence-corrected chi connectivity index (χ2v) is 3.88. The zero-order valence-corrected chi connectivity index (χ0v) is 9.42. The van der Waals surface area contributed by atoms with Crippen LogP contribution in [0.3, 0.4) is 0 Å². The minimum absolute atomic E-state index is 0.465. The van der Waals surface area contributed by atoms with Crippen molar-refractivity contribution in [2.24, 2.45) is 0 Å². The van der Waals surface area contributed by atoms with E-state index in [1.54, 1.807) is 0 Å². The van der Waals surface area contributed by atoms with Gasteiger partial charge in [0.15, 0.2) is 5.15 Å². The third-order valence-corrected chi connectivity index (χ3v) is 2.72. The molecule has 0 atom stereocenters. The molecule has 0 saturated carbocycles. The number of hydrogen-bond acceptors (Lipinski definition) is 2. The van der Waals surface area contributed by atoms with Gasteiger partial charge in [-0.3, -0.25) is 0 Å². The quantitative estimate of drug-likeness (QED) is 0.733. The van der Waals surface area contributed by atoms with Gasteiger partial charge in [0.25, 0.3) is 0 Å². The maximum atomic E-state index is 5.83. The van der Waals surface area contributed by atoms with E-state index >= 15 is 0 Å². The molecule has 0 saturated heterocycles. The van der Waals surface area contributed by atoms with Crippen molar-refractivity contribution in [1.82, 2.24) is 10.2 Å². The van der Waals surface area contributed by atoms with Crippen molar-refractivity contribution in [3.63, 3.8) is 0 Å². The highest BCUT2D eigenvalue weighted by Crippen LogP contribution is 2.22. The number of hydrogen-bond donors (Lipinski definition) is 0. The van der Waals surface area contributed by atoms with Gasteiger partial charge in [-0.1, -0.05) is 35.9 Å². The van der Waals surface area contributed by atoms with Gasteiger partial charge in [-0.05, 0) is 31.0 Å². The fourth-order valence-electron chi connectivity index (χ4n) is 1.46. The molecule has 76 valence electrons. The van der Waals surface area contributed by atoms with Crippen molar-refractivity contribution < 1.29 is 0 Å². The normalized spacial score (nSPS) is 10.3. The van der Waals surface area contributed by atoms with Crippen molar-refractivity contribution in [2.45, 2.75) is 13.8 Å². The van der Waals surface area contributed by atoms with Crippen LogP contribution in [-0.2, 0) is 0 Å². The van der Waals surface area contributed by atoms with E-state index < -0.39 is 0 Å². The summed E-state index contributed by atoms with van der Waals surface area (Å²) in [5, 5.41) is 8.46. The highest BCUT2D eigenvalue weighted by Gasteiger charge is 2.05. The molecular weight excluding hydrogens is 208 g/mol. The van der Waals surface area contributed by atoms with Gasteiger partial charge < -0.3 is 0 Å². The average molecular weight is 219 g/mol. The van der Waals surface area contributed by atoms with Gasteiger partial charge in [-0.25, -0.2) is 0 Å². The van der Waals surface area contributed by atoms with Crippen molar-refractivity contribution in [3.05, 3.63) is 46.6 Å². The molecule has 3 heteroatoms. The monoisotopic (exact) mass is 218 g/mol. The molecule has 15 heavy (non-hydrogen) atoms. The summed E-state index contributed by atoms with van der Waals surface area (Å²) in [5.74, 6) is 0. The van der Waals surface area contributed by atoms with E-state index in [4.69, 9.17) is 11.6 Å². The Morgan fingerprint density at radius 3 is 2.40 bits per heavy atom. The van der Waals surface area contributed by atoms with Gasteiger partial charge in [-0.2, -0.15) is 0 Å². The fraction of sp³-hybridized carbons (Fsp3) is 0.167. The van der Waals surface area contributed by atoms with Crippen LogP contribution in [0.1, 0.15) is 11.1 Å². The van der Waals surface area contributed by atoms with Gasteiger partial charge >= 0.3 is 0 Å². The van der Waals surface area contributed by atoms with E-state index in [1.165, 1.54) is 5.56 Å². The Bertz CT molecular complexity index is 495. The van der Waals surface area contributed by atoms with Gasteiger partial charge in [0.05, 0.1) is 5.69 Å². The van der Waals surface area contributed by atoms with Crippen LogP contribution in [0.25, 0.3) is 11.3 Å². The van der Waals surface area contributed by atoms with Crippen molar-refractivity contribution in [1.29, 1.82) is 0 Å². The predicted molar refractivity (Wildman–Crippen MR) is 62.0 cm³/mol. The van der Waals surface area contributed by atoms with Crippen LogP contribution in [0.15, 0.2) is 30.3 Å². The van der Waals surface area contributed by atoms with Gasteiger partial charge in [0, 0.05) is 5.56 Å². The first-order chi connectivity index (χ1) is 7.18. The Morgan fingerprint density at radius 1 is 1.00 bits per heavy atom. The Labute approximate surface area is 93.9 Å². The Morgan fingerprint density at radius 2 is 1.73 bits per heavy atom. The minimum Gasteiger partial charge on any atom is -0.149 e. The molecule has 0 spiro atoms. The summed E-state index contributed by atoms with van der Waals surface area (Å²) in [4.78, 5) is 0. The van der Waals surface area contributed by atoms with E-state index in [0.717, 1.165) is 16.8 Å². The zero-order valence-electron chi connectivity index (χ0n) is 8.66. The third kappa shape index (κ3) is 2.00. The summed E-state index contributed by atoms with van der Waals surface area (Å²) in [6.45, 7) is 3.99. The SMILES string of the molecule is Cc1ccccc1-c1cc(C)c(Cl)nn1. The second kappa shape index (κ2) is 3.99. The Hall–Kier alpha value is -1.41. The molecule has 0 N–H and O–H groups in total. The second-order valence-electron chi connectivity index (χ2n) is 3.52. The van der Waals surface area contributed by atoms with E-state index in [-0.39, 0.29) is 0 Å². The molecule has 0 aliphatic carbocycles. The first-order valence-electron chi connectivity index (χ1n) is 4.74. The summed E-state index contributed by atoms with van der Waals surface area (Å²) >= 11 is 5.83. The van der Waals surface area contributed by atoms with Crippen LogP contribution < -0.4 is 0 Å². The number of halogens is 1. The van der Waals surface area contributed by atoms with Crippen LogP contribution in [-0.4, -0.2) is 10.2 Å². The van der Waals surface area contributed by atoms with Crippen LogP contribution >= 0.6 is 11.6 Å². The summed E-state index contributed by atoms with van der Waals surface area (Å²) in [6, 6.07) is 10.0. The topological polar surface area (TPSA) is 25.8 Å². The van der Waals surface area contributed by atoms with Crippen LogP contribution in [0.5, 0.6) is 0 Å². The molecule has 2 aromatic rings. The molecule has 2 rings (SSSR count). The lowest BCUT2D eigenvalue weighted by Gasteiger charge is -2.05. The van der Waals surface area contributed by atoms with Crippen molar-refractivity contribution in [2.75, 3.05) is 0 Å². The standard InChI is InChI=1S/C12H11ClN2/c1-8-5-3-4-6-10(8)11-7-9(2)12(13)15-14-11/h3-7H,1-2H3. The summed E-state index contributed by atoms with van der Waals surface area (Å²) < 4.78 is 0. The summed E-state index contributed by atoms with van der Waals surface area (Å²) in [5.41, 5.74) is 4.11. The number of nitrogens with zero attached hydrogens (tertiary/aromatic N) is 2. The van der Waals surface area contributed by atoms with Crippen molar-refractivity contribution >= 4 is 11.6 Å². The van der Waals surface area contributed by atoms with E-state index in [1.807, 2.05) is 31.2 Å². The largest absolute Gasteiger partial charge is 0.154 e. The van der Waals surface area contributed by atoms with Crippen molar-refractivity contribution in [3.8, 4) is 11.3 Å². The first kappa shape index (κ1) is 10.1. The fourth-order valence-corrected chi connectivity index (χ4v) is 1.55. The zero-order chi connectivity index (χ0) is 10.8. The lowest BCUT2D eigenvalue weighted by Crippen LogP contribution is -1.92. The number of aryl methyl sites for hydroxylation is 2. The van der Waals surface area contributed by atoms with Gasteiger partial charge in [0.2, 0.25) is 0 Å². The minimum atomic E-state index is 0.465. The maximum Gasteiger partial charge on any atom is 0.154 e. The molecule has 0 aliphatic heterocycles. The molecule has 1 aromatic heterocycles. The summed E-state index contributed by atoms with van der Waals surface area (Å²) in [7, 11) is 0. The number of benzene rings is 1. The highest BCUT2D eigenvalue weighted by atomic mass is 35.5. The van der Waals surface area contributed by atoms with Gasteiger partial charge in [-0.15, -0.1) is 10.2 Å². The van der Waals surface area contributed by atoms with Crippen LogP contribution in [0.4, 0.5) is 0 Å². The van der Waals surface area contributed by atoms with E-state index in [9.17, 15) is 0 Å².